The van der Waals surface area contributed by atoms with Crippen LogP contribution in [0.15, 0.2) is 0 Å². The van der Waals surface area contributed by atoms with Crippen molar-refractivity contribution in [2.24, 2.45) is 0 Å². The topological polar surface area (TPSA) is 49.7 Å². The van der Waals surface area contributed by atoms with Crippen molar-refractivity contribution in [1.29, 1.82) is 0 Å². The van der Waals surface area contributed by atoms with Gasteiger partial charge in [-0.1, -0.05) is 13.8 Å². The zero-order valence-corrected chi connectivity index (χ0v) is 12.2. The van der Waals surface area contributed by atoms with Gasteiger partial charge in [-0.3, -0.25) is 0 Å². The van der Waals surface area contributed by atoms with Crippen molar-refractivity contribution in [2.75, 3.05) is 6.61 Å². The van der Waals surface area contributed by atoms with Crippen molar-refractivity contribution in [1.82, 2.24) is 0 Å². The van der Waals surface area contributed by atoms with Crippen molar-refractivity contribution in [3.05, 3.63) is 0 Å². The number of aliphatic hydroxyl groups is 1. The fourth-order valence-corrected chi connectivity index (χ4v) is 2.66. The van der Waals surface area contributed by atoms with E-state index in [1.165, 1.54) is 0 Å². The van der Waals surface area contributed by atoms with E-state index in [0.29, 0.717) is 6.42 Å². The number of rotatable bonds is 4. The molecule has 0 amide bonds. The highest BCUT2D eigenvalue weighted by atomic mass is 28.4. The van der Waals surface area contributed by atoms with Crippen molar-refractivity contribution < 1.29 is 19.0 Å². The van der Waals surface area contributed by atoms with Gasteiger partial charge in [0, 0.05) is 6.42 Å². The van der Waals surface area contributed by atoms with E-state index in [9.17, 15) is 14.3 Å². The van der Waals surface area contributed by atoms with E-state index in [2.05, 4.69) is 0 Å². The molecule has 1 saturated heterocycles. The molecule has 1 aliphatic rings. The van der Waals surface area contributed by atoms with Crippen LogP contribution >= 0.6 is 0 Å². The van der Waals surface area contributed by atoms with Gasteiger partial charge in [-0.25, -0.2) is 4.39 Å². The molecule has 102 valence electrons. The molecule has 0 radical (unpaired) electrons. The lowest BCUT2D eigenvalue weighted by molar-refractivity contribution is -0.107. The van der Waals surface area contributed by atoms with Crippen LogP contribution in [-0.4, -0.2) is 43.2 Å². The maximum Gasteiger partial charge on any atom is 0.188 e. The SMILES string of the molecule is CC(C)(CC[C@H]1OC[C@H](F)C[C@@H]1O)[Si](C)(C)O. The van der Waals surface area contributed by atoms with Gasteiger partial charge in [0.05, 0.1) is 18.8 Å². The smallest absolute Gasteiger partial charge is 0.188 e. The Kier molecular flexibility index (Phi) is 4.74. The lowest BCUT2D eigenvalue weighted by atomic mass is 9.96. The third kappa shape index (κ3) is 4.01. The van der Waals surface area contributed by atoms with Crippen LogP contribution in [-0.2, 0) is 4.74 Å². The number of aliphatic hydroxyl groups excluding tert-OH is 1. The minimum Gasteiger partial charge on any atom is -0.432 e. The standard InChI is InChI=1S/C12H25FO3Si/c1-12(2,17(3,4)15)6-5-11-10(14)7-9(13)8-16-11/h9-11,14-15H,5-8H2,1-4H3/t9-,10+,11-/m1/s1. The van der Waals surface area contributed by atoms with Crippen LogP contribution in [0, 0.1) is 0 Å². The Balaban J connectivity index is 2.46. The highest BCUT2D eigenvalue weighted by Gasteiger charge is 2.39. The molecule has 3 nitrogen and oxygen atoms in total. The van der Waals surface area contributed by atoms with E-state index >= 15 is 0 Å². The van der Waals surface area contributed by atoms with Crippen molar-refractivity contribution >= 4 is 8.32 Å². The van der Waals surface area contributed by atoms with Crippen molar-refractivity contribution in [3.8, 4) is 0 Å². The Hall–Kier alpha value is 0.0269. The molecule has 5 heteroatoms. The highest BCUT2D eigenvalue weighted by molar-refractivity contribution is 6.72. The van der Waals surface area contributed by atoms with Gasteiger partial charge in [0.1, 0.15) is 6.17 Å². The molecule has 0 saturated carbocycles. The van der Waals surface area contributed by atoms with Crippen molar-refractivity contribution in [2.45, 2.75) is 69.6 Å². The molecule has 0 unspecified atom stereocenters. The summed E-state index contributed by atoms with van der Waals surface area (Å²) in [5.41, 5.74) is 0. The van der Waals surface area contributed by atoms with Gasteiger partial charge in [0.15, 0.2) is 8.32 Å². The molecular formula is C12H25FO3Si. The summed E-state index contributed by atoms with van der Waals surface area (Å²) in [6, 6.07) is 0. The van der Waals surface area contributed by atoms with E-state index in [-0.39, 0.29) is 24.2 Å². The fourth-order valence-electron chi connectivity index (χ4n) is 1.91. The van der Waals surface area contributed by atoms with Gasteiger partial charge < -0.3 is 14.6 Å². The minimum absolute atomic E-state index is 0.0854. The summed E-state index contributed by atoms with van der Waals surface area (Å²) in [6.07, 6.45) is -0.391. The van der Waals surface area contributed by atoms with Crippen LogP contribution in [0.25, 0.3) is 0 Å². The largest absolute Gasteiger partial charge is 0.432 e. The molecule has 17 heavy (non-hydrogen) atoms. The van der Waals surface area contributed by atoms with E-state index in [1.807, 2.05) is 26.9 Å². The summed E-state index contributed by atoms with van der Waals surface area (Å²) in [6.45, 7) is 8.02. The summed E-state index contributed by atoms with van der Waals surface area (Å²) < 4.78 is 18.3. The molecule has 0 aromatic carbocycles. The Morgan fingerprint density at radius 2 is 2.00 bits per heavy atom. The minimum atomic E-state index is -2.22. The second-order valence-electron chi connectivity index (χ2n) is 6.25. The van der Waals surface area contributed by atoms with Crippen molar-refractivity contribution in [3.63, 3.8) is 0 Å². The zero-order valence-electron chi connectivity index (χ0n) is 11.2. The highest BCUT2D eigenvalue weighted by Crippen LogP contribution is 2.41. The Morgan fingerprint density at radius 1 is 1.41 bits per heavy atom. The maximum absolute atomic E-state index is 13.0. The Bertz CT molecular complexity index is 253. The van der Waals surface area contributed by atoms with Crippen LogP contribution < -0.4 is 0 Å². The summed E-state index contributed by atoms with van der Waals surface area (Å²) in [7, 11) is -2.22. The molecule has 1 heterocycles. The molecule has 0 spiro atoms. The number of hydrogen-bond donors (Lipinski definition) is 2. The summed E-state index contributed by atoms with van der Waals surface area (Å²) in [5.74, 6) is 0. The number of ether oxygens (including phenoxy) is 1. The predicted octanol–water partition coefficient (Wildman–Crippen LogP) is 2.23. The monoisotopic (exact) mass is 264 g/mol. The first-order chi connectivity index (χ1) is 7.63. The normalized spacial score (nSPS) is 31.6. The van der Waals surface area contributed by atoms with E-state index in [4.69, 9.17) is 4.74 Å². The quantitative estimate of drug-likeness (QED) is 0.766. The number of halogens is 1. The molecule has 3 atom stereocenters. The Labute approximate surface area is 104 Å². The first kappa shape index (κ1) is 15.1. The second-order valence-corrected chi connectivity index (χ2v) is 10.7. The third-order valence-electron chi connectivity index (χ3n) is 4.13. The van der Waals surface area contributed by atoms with Gasteiger partial charge in [0.2, 0.25) is 0 Å². The fraction of sp³-hybridized carbons (Fsp3) is 1.00. The maximum atomic E-state index is 13.0. The summed E-state index contributed by atoms with van der Waals surface area (Å²) in [4.78, 5) is 10.2. The predicted molar refractivity (Wildman–Crippen MR) is 68.2 cm³/mol. The average Bonchev–Trinajstić information content (AvgIpc) is 2.14. The lowest BCUT2D eigenvalue weighted by Crippen LogP contribution is -2.42. The van der Waals surface area contributed by atoms with Crippen LogP contribution in [0.4, 0.5) is 4.39 Å². The van der Waals surface area contributed by atoms with Gasteiger partial charge >= 0.3 is 0 Å². The Morgan fingerprint density at radius 3 is 2.47 bits per heavy atom. The summed E-state index contributed by atoms with van der Waals surface area (Å²) in [5, 5.41) is 9.60. The number of alkyl halides is 1. The van der Waals surface area contributed by atoms with E-state index in [0.717, 1.165) is 6.42 Å². The molecule has 0 aromatic rings. The van der Waals surface area contributed by atoms with E-state index < -0.39 is 20.6 Å². The first-order valence-corrected chi connectivity index (χ1v) is 9.24. The van der Waals surface area contributed by atoms with Gasteiger partial charge in [-0.15, -0.1) is 0 Å². The van der Waals surface area contributed by atoms with Crippen LogP contribution in [0.1, 0.15) is 33.1 Å². The van der Waals surface area contributed by atoms with Gasteiger partial charge in [-0.2, -0.15) is 0 Å². The van der Waals surface area contributed by atoms with Crippen LogP contribution in [0.2, 0.25) is 18.1 Å². The molecular weight excluding hydrogens is 239 g/mol. The van der Waals surface area contributed by atoms with Crippen LogP contribution in [0.3, 0.4) is 0 Å². The molecule has 1 rings (SSSR count). The first-order valence-electron chi connectivity index (χ1n) is 6.29. The average molecular weight is 264 g/mol. The second kappa shape index (κ2) is 5.34. The zero-order chi connectivity index (χ0) is 13.3. The third-order valence-corrected chi connectivity index (χ3v) is 7.69. The van der Waals surface area contributed by atoms with E-state index in [1.54, 1.807) is 0 Å². The molecule has 0 aliphatic carbocycles. The summed E-state index contributed by atoms with van der Waals surface area (Å²) >= 11 is 0. The van der Waals surface area contributed by atoms with Gasteiger partial charge in [-0.05, 0) is 31.0 Å². The number of hydrogen-bond acceptors (Lipinski definition) is 3. The van der Waals surface area contributed by atoms with Crippen LogP contribution in [0.5, 0.6) is 0 Å². The molecule has 1 aliphatic heterocycles. The van der Waals surface area contributed by atoms with Gasteiger partial charge in [0.25, 0.3) is 0 Å². The molecule has 1 fully saturated rings. The molecule has 2 N–H and O–H groups in total. The molecule has 0 aromatic heterocycles. The molecule has 0 bridgehead atoms. The lowest BCUT2D eigenvalue weighted by Gasteiger charge is -2.37.